The SMILES string of the molecule is C=C/C(=C\C(=C/C)c1cnc2n[nH]c(-c3nc4c(-c5cc(F)cc(CCCN(C)C)c5)nccc4[nH]3)c2c1)CC1CCNCC1. The molecule has 0 unspecified atom stereocenters. The lowest BCUT2D eigenvalue weighted by Crippen LogP contribution is -2.27. The summed E-state index contributed by atoms with van der Waals surface area (Å²) in [6.45, 7) is 9.24. The Labute approximate surface area is 263 Å². The standard InChI is InChI=1S/C36H41FN8/c1-5-23(16-24-9-12-38-13-10-24)17-26(6-2)28-21-30-33(43-44-35(30)40-22-28)36-41-31-11-14-39-32(34(31)42-36)27-18-25(19-29(37)20-27)8-7-15-45(3)4/h5-6,11,14,17-22,24,38H,1,7-10,12-13,15-16H2,2-4H3,(H,41,42)(H,40,43,44)/b23-17+,26-6+. The molecule has 5 heterocycles. The van der Waals surface area contributed by atoms with E-state index in [4.69, 9.17) is 4.98 Å². The third-order valence-electron chi connectivity index (χ3n) is 8.58. The minimum Gasteiger partial charge on any atom is -0.337 e. The Morgan fingerprint density at radius 3 is 2.76 bits per heavy atom. The van der Waals surface area contributed by atoms with Gasteiger partial charge in [0.05, 0.1) is 16.6 Å². The van der Waals surface area contributed by atoms with Crippen molar-refractivity contribution in [1.82, 2.24) is 40.3 Å². The summed E-state index contributed by atoms with van der Waals surface area (Å²) in [5, 5.41) is 11.9. The first-order valence-corrected chi connectivity index (χ1v) is 15.8. The average Bonchev–Trinajstić information content (AvgIpc) is 3.67. The number of nitrogens with one attached hydrogen (secondary N) is 3. The number of imidazole rings is 1. The molecule has 8 nitrogen and oxygen atoms in total. The molecule has 3 N–H and O–H groups in total. The highest BCUT2D eigenvalue weighted by Crippen LogP contribution is 2.32. The summed E-state index contributed by atoms with van der Waals surface area (Å²) >= 11 is 0. The minimum absolute atomic E-state index is 0.274. The van der Waals surface area contributed by atoms with Gasteiger partial charge in [0.1, 0.15) is 17.0 Å². The van der Waals surface area contributed by atoms with E-state index in [9.17, 15) is 4.39 Å². The fraction of sp³-hybridized carbons (Fsp3) is 0.333. The first kappa shape index (κ1) is 30.6. The van der Waals surface area contributed by atoms with Gasteiger partial charge in [0.25, 0.3) is 0 Å². The van der Waals surface area contributed by atoms with Crippen LogP contribution in [0.1, 0.15) is 43.7 Å². The van der Waals surface area contributed by atoms with Crippen LogP contribution in [0.25, 0.3) is 50.4 Å². The number of aromatic nitrogens is 6. The zero-order chi connectivity index (χ0) is 31.3. The summed E-state index contributed by atoms with van der Waals surface area (Å²) < 4.78 is 14.8. The summed E-state index contributed by atoms with van der Waals surface area (Å²) in [5.41, 5.74) is 8.45. The molecule has 0 spiro atoms. The van der Waals surface area contributed by atoms with Crippen molar-refractivity contribution in [3.63, 3.8) is 0 Å². The van der Waals surface area contributed by atoms with Gasteiger partial charge in [0.15, 0.2) is 11.5 Å². The summed E-state index contributed by atoms with van der Waals surface area (Å²) in [7, 11) is 4.09. The summed E-state index contributed by atoms with van der Waals surface area (Å²) in [4.78, 5) is 19.8. The molecule has 0 amide bonds. The number of nitrogens with zero attached hydrogens (tertiary/aromatic N) is 5. The lowest BCUT2D eigenvalue weighted by Gasteiger charge is -2.23. The monoisotopic (exact) mass is 604 g/mol. The van der Waals surface area contributed by atoms with Crippen LogP contribution in [0.3, 0.4) is 0 Å². The van der Waals surface area contributed by atoms with Crippen molar-refractivity contribution in [2.45, 2.75) is 39.0 Å². The van der Waals surface area contributed by atoms with E-state index in [-0.39, 0.29) is 5.82 Å². The Balaban J connectivity index is 1.33. The van der Waals surface area contributed by atoms with Gasteiger partial charge in [0, 0.05) is 23.5 Å². The Hall–Kier alpha value is -4.47. The van der Waals surface area contributed by atoms with Crippen molar-refractivity contribution in [2.24, 2.45) is 5.92 Å². The van der Waals surface area contributed by atoms with E-state index in [1.165, 1.54) is 24.5 Å². The molecule has 0 bridgehead atoms. The van der Waals surface area contributed by atoms with Crippen molar-refractivity contribution in [1.29, 1.82) is 0 Å². The molecule has 1 fully saturated rings. The average molecular weight is 605 g/mol. The van der Waals surface area contributed by atoms with Gasteiger partial charge >= 0.3 is 0 Å². The third-order valence-corrected chi connectivity index (χ3v) is 8.58. The molecule has 1 saturated heterocycles. The predicted molar refractivity (Wildman–Crippen MR) is 181 cm³/mol. The number of aryl methyl sites for hydroxylation is 1. The van der Waals surface area contributed by atoms with Gasteiger partial charge in [-0.05, 0) is 126 Å². The second-order valence-corrected chi connectivity index (χ2v) is 12.2. The van der Waals surface area contributed by atoms with Crippen LogP contribution in [0.4, 0.5) is 4.39 Å². The van der Waals surface area contributed by atoms with Crippen molar-refractivity contribution in [3.05, 3.63) is 90.0 Å². The highest BCUT2D eigenvalue weighted by atomic mass is 19.1. The lowest BCUT2D eigenvalue weighted by molar-refractivity contribution is 0.374. The van der Waals surface area contributed by atoms with Crippen molar-refractivity contribution >= 4 is 27.6 Å². The zero-order valence-electron chi connectivity index (χ0n) is 26.3. The van der Waals surface area contributed by atoms with E-state index in [0.29, 0.717) is 34.2 Å². The third kappa shape index (κ3) is 6.95. The van der Waals surface area contributed by atoms with Crippen molar-refractivity contribution in [3.8, 4) is 22.8 Å². The van der Waals surface area contributed by atoms with Gasteiger partial charge < -0.3 is 15.2 Å². The van der Waals surface area contributed by atoms with Crippen molar-refractivity contribution < 1.29 is 4.39 Å². The number of H-pyrrole nitrogens is 2. The maximum Gasteiger partial charge on any atom is 0.181 e. The molecule has 1 aliphatic heterocycles. The molecule has 0 radical (unpaired) electrons. The molecule has 6 rings (SSSR count). The van der Waals surface area contributed by atoms with Crippen LogP contribution in [0.2, 0.25) is 0 Å². The quantitative estimate of drug-likeness (QED) is 0.139. The van der Waals surface area contributed by atoms with Gasteiger partial charge in [-0.3, -0.25) is 10.1 Å². The van der Waals surface area contributed by atoms with E-state index in [1.807, 2.05) is 45.4 Å². The highest BCUT2D eigenvalue weighted by Gasteiger charge is 2.18. The van der Waals surface area contributed by atoms with E-state index in [2.05, 4.69) is 60.2 Å². The van der Waals surface area contributed by atoms with Crippen LogP contribution in [0, 0.1) is 11.7 Å². The molecule has 1 aromatic carbocycles. The molecular formula is C36H41FN8. The van der Waals surface area contributed by atoms with Gasteiger partial charge in [-0.25, -0.2) is 14.4 Å². The molecule has 9 heteroatoms. The molecule has 232 valence electrons. The van der Waals surface area contributed by atoms with Crippen LogP contribution < -0.4 is 5.32 Å². The van der Waals surface area contributed by atoms with Gasteiger partial charge in [0.2, 0.25) is 0 Å². The highest BCUT2D eigenvalue weighted by molar-refractivity contribution is 5.96. The number of hydrogen-bond acceptors (Lipinski definition) is 6. The molecule has 0 aliphatic carbocycles. The second kappa shape index (κ2) is 13.7. The zero-order valence-corrected chi connectivity index (χ0v) is 26.3. The number of halogens is 1. The van der Waals surface area contributed by atoms with Crippen molar-refractivity contribution in [2.75, 3.05) is 33.7 Å². The number of allylic oxidation sites excluding steroid dienone is 5. The fourth-order valence-electron chi connectivity index (χ4n) is 6.19. The largest absolute Gasteiger partial charge is 0.337 e. The number of benzene rings is 1. The maximum atomic E-state index is 14.8. The summed E-state index contributed by atoms with van der Waals surface area (Å²) in [6.07, 6.45) is 15.0. The number of fused-ring (bicyclic) bond motifs is 2. The Morgan fingerprint density at radius 1 is 1.13 bits per heavy atom. The van der Waals surface area contributed by atoms with Crippen LogP contribution in [-0.4, -0.2) is 68.8 Å². The normalized spacial score (nSPS) is 15.0. The van der Waals surface area contributed by atoms with Crippen LogP contribution in [0.5, 0.6) is 0 Å². The number of hydrogen-bond donors (Lipinski definition) is 3. The molecule has 0 atom stereocenters. The Morgan fingerprint density at radius 2 is 1.98 bits per heavy atom. The summed E-state index contributed by atoms with van der Waals surface area (Å²) in [6, 6.07) is 9.15. The Bertz CT molecular complexity index is 1870. The Kier molecular flexibility index (Phi) is 9.28. The van der Waals surface area contributed by atoms with Gasteiger partial charge in [-0.2, -0.15) is 5.10 Å². The predicted octanol–water partition coefficient (Wildman–Crippen LogP) is 7.10. The molecule has 1 aliphatic rings. The molecule has 4 aromatic heterocycles. The molecular weight excluding hydrogens is 563 g/mol. The van der Waals surface area contributed by atoms with Crippen LogP contribution >= 0.6 is 0 Å². The van der Waals surface area contributed by atoms with E-state index < -0.39 is 0 Å². The number of rotatable bonds is 11. The van der Waals surface area contributed by atoms with Crippen LogP contribution in [0.15, 0.2) is 73.1 Å². The smallest absolute Gasteiger partial charge is 0.181 e. The number of aromatic amines is 2. The van der Waals surface area contributed by atoms with Gasteiger partial charge in [-0.1, -0.05) is 24.8 Å². The maximum absolute atomic E-state index is 14.8. The fourth-order valence-corrected chi connectivity index (χ4v) is 6.19. The van der Waals surface area contributed by atoms with Gasteiger partial charge in [-0.15, -0.1) is 0 Å². The first-order valence-electron chi connectivity index (χ1n) is 15.8. The van der Waals surface area contributed by atoms with E-state index in [0.717, 1.165) is 72.2 Å². The topological polar surface area (TPSA) is 98.4 Å². The second-order valence-electron chi connectivity index (χ2n) is 12.2. The number of pyridine rings is 2. The molecule has 0 saturated carbocycles. The first-order chi connectivity index (χ1) is 21.9. The van der Waals surface area contributed by atoms with E-state index in [1.54, 1.807) is 12.3 Å². The molecule has 45 heavy (non-hydrogen) atoms. The van der Waals surface area contributed by atoms with E-state index >= 15 is 0 Å². The minimum atomic E-state index is -0.274. The summed E-state index contributed by atoms with van der Waals surface area (Å²) in [5.74, 6) is 1.02. The number of piperidine rings is 1. The lowest BCUT2D eigenvalue weighted by atomic mass is 9.89. The van der Waals surface area contributed by atoms with Crippen LogP contribution in [-0.2, 0) is 6.42 Å². The molecule has 5 aromatic rings.